The van der Waals surface area contributed by atoms with Crippen molar-refractivity contribution in [3.05, 3.63) is 41.9 Å². The molecule has 0 amide bonds. The first-order valence-corrected chi connectivity index (χ1v) is 5.92. The molecule has 0 saturated carbocycles. The van der Waals surface area contributed by atoms with Crippen LogP contribution in [0.25, 0.3) is 22.3 Å². The van der Waals surface area contributed by atoms with Gasteiger partial charge in [-0.25, -0.2) is 4.79 Å². The van der Waals surface area contributed by atoms with Crippen LogP contribution < -0.4 is 0 Å². The van der Waals surface area contributed by atoms with Crippen molar-refractivity contribution in [1.29, 1.82) is 0 Å². The lowest BCUT2D eigenvalue weighted by molar-refractivity contribution is 0.0691. The molecule has 96 valence electrons. The van der Waals surface area contributed by atoms with Crippen LogP contribution in [0.2, 0.25) is 0 Å². The van der Waals surface area contributed by atoms with E-state index in [1.165, 1.54) is 0 Å². The lowest BCUT2D eigenvalue weighted by Crippen LogP contribution is -1.96. The van der Waals surface area contributed by atoms with Gasteiger partial charge >= 0.3 is 5.97 Å². The number of nitrogens with one attached hydrogen (secondary N) is 1. The molecule has 0 bridgehead atoms. The Morgan fingerprint density at radius 1 is 1.37 bits per heavy atom. The second-order valence-electron chi connectivity index (χ2n) is 4.48. The minimum Gasteiger partial charge on any atom is -0.477 e. The SMILES string of the molecule is Cc1c(-c2ccc(C(=O)O)[nH]2)c2ncccc2n1C. The zero-order chi connectivity index (χ0) is 13.6. The molecule has 0 aromatic carbocycles. The van der Waals surface area contributed by atoms with E-state index in [0.717, 1.165) is 28.0 Å². The van der Waals surface area contributed by atoms with Gasteiger partial charge in [-0.2, -0.15) is 0 Å². The summed E-state index contributed by atoms with van der Waals surface area (Å²) in [6.07, 6.45) is 1.74. The van der Waals surface area contributed by atoms with Gasteiger partial charge < -0.3 is 14.7 Å². The number of aromatic carboxylic acids is 1. The van der Waals surface area contributed by atoms with Gasteiger partial charge in [-0.1, -0.05) is 0 Å². The van der Waals surface area contributed by atoms with Gasteiger partial charge in [-0.15, -0.1) is 0 Å². The fraction of sp³-hybridized carbons (Fsp3) is 0.143. The summed E-state index contributed by atoms with van der Waals surface area (Å²) in [5.74, 6) is -0.961. The number of H-pyrrole nitrogens is 1. The molecule has 0 saturated heterocycles. The summed E-state index contributed by atoms with van der Waals surface area (Å²) in [5, 5.41) is 8.98. The fourth-order valence-electron chi connectivity index (χ4n) is 2.37. The van der Waals surface area contributed by atoms with Gasteiger partial charge in [0.2, 0.25) is 0 Å². The first-order valence-electron chi connectivity index (χ1n) is 5.92. The van der Waals surface area contributed by atoms with Gasteiger partial charge in [0.25, 0.3) is 0 Å². The van der Waals surface area contributed by atoms with Crippen molar-refractivity contribution >= 4 is 17.0 Å². The third-order valence-electron chi connectivity index (χ3n) is 3.44. The largest absolute Gasteiger partial charge is 0.477 e. The topological polar surface area (TPSA) is 70.9 Å². The lowest BCUT2D eigenvalue weighted by Gasteiger charge is -1.99. The second-order valence-corrected chi connectivity index (χ2v) is 4.48. The van der Waals surface area contributed by atoms with Gasteiger partial charge in [-0.05, 0) is 31.2 Å². The predicted molar refractivity (Wildman–Crippen MR) is 72.2 cm³/mol. The number of aromatic amines is 1. The highest BCUT2D eigenvalue weighted by Gasteiger charge is 2.16. The molecule has 19 heavy (non-hydrogen) atoms. The van der Waals surface area contributed by atoms with Crippen molar-refractivity contribution in [2.45, 2.75) is 6.92 Å². The number of aryl methyl sites for hydroxylation is 1. The number of pyridine rings is 1. The van der Waals surface area contributed by atoms with Crippen LogP contribution in [-0.4, -0.2) is 25.6 Å². The Morgan fingerprint density at radius 2 is 2.16 bits per heavy atom. The molecule has 0 unspecified atom stereocenters. The zero-order valence-corrected chi connectivity index (χ0v) is 10.6. The number of carbonyl (C=O) groups is 1. The van der Waals surface area contributed by atoms with Gasteiger partial charge in [0.05, 0.1) is 16.7 Å². The predicted octanol–water partition coefficient (Wildman–Crippen LogP) is 2.58. The van der Waals surface area contributed by atoms with Gasteiger partial charge in [0.15, 0.2) is 0 Å². The first kappa shape index (κ1) is 11.5. The van der Waals surface area contributed by atoms with Crippen molar-refractivity contribution < 1.29 is 9.90 Å². The molecule has 3 heterocycles. The van der Waals surface area contributed by atoms with Crippen LogP contribution in [0.15, 0.2) is 30.5 Å². The standard InChI is InChI=1S/C14H13N3O2/c1-8-12(9-5-6-10(16-9)14(18)19)13-11(17(8)2)4-3-7-15-13/h3-7,16H,1-2H3,(H,18,19). The lowest BCUT2D eigenvalue weighted by atomic mass is 10.1. The number of hydrogen-bond acceptors (Lipinski definition) is 2. The average molecular weight is 255 g/mol. The summed E-state index contributed by atoms with van der Waals surface area (Å²) < 4.78 is 2.05. The van der Waals surface area contributed by atoms with Crippen LogP contribution in [0.5, 0.6) is 0 Å². The van der Waals surface area contributed by atoms with E-state index in [1.54, 1.807) is 18.3 Å². The molecular weight excluding hydrogens is 242 g/mol. The van der Waals surface area contributed by atoms with E-state index in [9.17, 15) is 4.79 Å². The van der Waals surface area contributed by atoms with Gasteiger partial charge in [-0.3, -0.25) is 4.98 Å². The Morgan fingerprint density at radius 3 is 2.84 bits per heavy atom. The molecule has 0 atom stereocenters. The summed E-state index contributed by atoms with van der Waals surface area (Å²) in [7, 11) is 1.98. The van der Waals surface area contributed by atoms with Crippen molar-refractivity contribution in [3.63, 3.8) is 0 Å². The minimum absolute atomic E-state index is 0.183. The highest BCUT2D eigenvalue weighted by atomic mass is 16.4. The number of aromatic nitrogens is 3. The van der Waals surface area contributed by atoms with Crippen LogP contribution in [0.4, 0.5) is 0 Å². The number of carboxylic acid groups (broad SMARTS) is 1. The van der Waals surface area contributed by atoms with Crippen molar-refractivity contribution in [1.82, 2.24) is 14.5 Å². The number of carboxylic acids is 1. The van der Waals surface area contributed by atoms with Crippen molar-refractivity contribution in [2.75, 3.05) is 0 Å². The molecule has 2 N–H and O–H groups in total. The number of hydrogen-bond donors (Lipinski definition) is 2. The maximum absolute atomic E-state index is 10.9. The third-order valence-corrected chi connectivity index (χ3v) is 3.44. The van der Waals surface area contributed by atoms with Crippen molar-refractivity contribution in [2.24, 2.45) is 7.05 Å². The monoisotopic (exact) mass is 255 g/mol. The van der Waals surface area contributed by atoms with Crippen LogP contribution >= 0.6 is 0 Å². The minimum atomic E-state index is -0.961. The molecule has 0 radical (unpaired) electrons. The zero-order valence-electron chi connectivity index (χ0n) is 10.6. The average Bonchev–Trinajstić information content (AvgIpc) is 2.96. The molecule has 3 aromatic rings. The molecule has 3 rings (SSSR count). The summed E-state index contributed by atoms with van der Waals surface area (Å²) in [5.41, 5.74) is 4.86. The van der Waals surface area contributed by atoms with Crippen LogP contribution in [0, 0.1) is 6.92 Å². The van der Waals surface area contributed by atoms with Crippen LogP contribution in [0.1, 0.15) is 16.2 Å². The third kappa shape index (κ3) is 1.62. The van der Waals surface area contributed by atoms with Crippen molar-refractivity contribution in [3.8, 4) is 11.3 Å². The maximum atomic E-state index is 10.9. The molecule has 0 spiro atoms. The number of rotatable bonds is 2. The van der Waals surface area contributed by atoms with E-state index < -0.39 is 5.97 Å². The fourth-order valence-corrected chi connectivity index (χ4v) is 2.37. The Hall–Kier alpha value is -2.56. The summed E-state index contributed by atoms with van der Waals surface area (Å²) in [4.78, 5) is 18.3. The molecular formula is C14H13N3O2. The van der Waals surface area contributed by atoms with E-state index in [1.807, 2.05) is 26.1 Å². The molecule has 0 aliphatic heterocycles. The van der Waals surface area contributed by atoms with Crippen LogP contribution in [-0.2, 0) is 7.05 Å². The highest BCUT2D eigenvalue weighted by molar-refractivity contribution is 5.95. The van der Waals surface area contributed by atoms with E-state index in [2.05, 4.69) is 14.5 Å². The maximum Gasteiger partial charge on any atom is 0.352 e. The molecule has 0 aliphatic rings. The Balaban J connectivity index is 2.29. The first-order chi connectivity index (χ1) is 9.09. The second kappa shape index (κ2) is 3.98. The van der Waals surface area contributed by atoms with Gasteiger partial charge in [0.1, 0.15) is 5.69 Å². The quantitative estimate of drug-likeness (QED) is 0.739. The summed E-state index contributed by atoms with van der Waals surface area (Å²) in [6, 6.07) is 7.24. The van der Waals surface area contributed by atoms with E-state index in [0.29, 0.717) is 0 Å². The Labute approximate surface area is 109 Å². The van der Waals surface area contributed by atoms with Crippen LogP contribution in [0.3, 0.4) is 0 Å². The molecule has 5 heteroatoms. The van der Waals surface area contributed by atoms with E-state index >= 15 is 0 Å². The normalized spacial score (nSPS) is 11.1. The van der Waals surface area contributed by atoms with Gasteiger partial charge in [0, 0.05) is 24.5 Å². The smallest absolute Gasteiger partial charge is 0.352 e. The number of fused-ring (bicyclic) bond motifs is 1. The molecule has 3 aromatic heterocycles. The van der Waals surface area contributed by atoms with E-state index in [-0.39, 0.29) is 5.69 Å². The molecule has 5 nitrogen and oxygen atoms in total. The number of nitrogens with zero attached hydrogens (tertiary/aromatic N) is 2. The Bertz CT molecular complexity index is 783. The van der Waals surface area contributed by atoms with E-state index in [4.69, 9.17) is 5.11 Å². The molecule has 0 aliphatic carbocycles. The molecule has 0 fully saturated rings. The highest BCUT2D eigenvalue weighted by Crippen LogP contribution is 2.31. The summed E-state index contributed by atoms with van der Waals surface area (Å²) >= 11 is 0. The Kier molecular flexibility index (Phi) is 2.41. The summed E-state index contributed by atoms with van der Waals surface area (Å²) in [6.45, 7) is 2.00.